The van der Waals surface area contributed by atoms with Gasteiger partial charge in [0.2, 0.25) is 5.91 Å². The first-order chi connectivity index (χ1) is 15.7. The van der Waals surface area contributed by atoms with Crippen molar-refractivity contribution in [2.24, 2.45) is 5.10 Å². The summed E-state index contributed by atoms with van der Waals surface area (Å²) in [6, 6.07) is 14.2. The third-order valence-corrected chi connectivity index (χ3v) is 4.80. The molecule has 0 aliphatic heterocycles. The van der Waals surface area contributed by atoms with E-state index in [1.165, 1.54) is 6.21 Å². The summed E-state index contributed by atoms with van der Waals surface area (Å²) in [4.78, 5) is 23.9. The molecule has 3 aromatic rings. The van der Waals surface area contributed by atoms with Gasteiger partial charge in [0.05, 0.1) is 13.3 Å². The van der Waals surface area contributed by atoms with Gasteiger partial charge < -0.3 is 14.6 Å². The Morgan fingerprint density at radius 1 is 1.15 bits per heavy atom. The molecule has 2 aromatic carbocycles. The molecule has 0 atom stereocenters. The van der Waals surface area contributed by atoms with Gasteiger partial charge >= 0.3 is 6.18 Å². The molecule has 10 heteroatoms. The van der Waals surface area contributed by atoms with Gasteiger partial charge in [0.15, 0.2) is 0 Å². The quantitative estimate of drug-likeness (QED) is 0.376. The monoisotopic (exact) mass is 460 g/mol. The molecule has 2 amide bonds. The van der Waals surface area contributed by atoms with E-state index in [0.717, 1.165) is 16.5 Å². The number of halogens is 3. The number of hydrogen-bond donors (Lipinski definition) is 2. The van der Waals surface area contributed by atoms with Crippen molar-refractivity contribution in [1.29, 1.82) is 0 Å². The van der Waals surface area contributed by atoms with E-state index in [4.69, 9.17) is 4.74 Å². The van der Waals surface area contributed by atoms with Crippen molar-refractivity contribution in [1.82, 2.24) is 15.3 Å². The van der Waals surface area contributed by atoms with Crippen LogP contribution < -0.4 is 15.5 Å². The Bertz CT molecular complexity index is 1160. The molecule has 0 aliphatic rings. The number of ether oxygens (including phenoxy) is 1. The van der Waals surface area contributed by atoms with Crippen LogP contribution in [0.4, 0.5) is 13.2 Å². The minimum atomic E-state index is -4.42. The van der Waals surface area contributed by atoms with Crippen LogP contribution in [0.5, 0.6) is 5.75 Å². The number of methoxy groups -OCH3 is 1. The summed E-state index contributed by atoms with van der Waals surface area (Å²) in [5.41, 5.74) is 4.53. The molecule has 0 saturated heterocycles. The highest BCUT2D eigenvalue weighted by Gasteiger charge is 2.27. The molecular formula is C23H23F3N4O3. The second kappa shape index (κ2) is 10.7. The van der Waals surface area contributed by atoms with Crippen LogP contribution in [-0.4, -0.2) is 42.4 Å². The zero-order chi connectivity index (χ0) is 23.8. The Hall–Kier alpha value is -3.82. The fourth-order valence-electron chi connectivity index (χ4n) is 3.19. The van der Waals surface area contributed by atoms with Gasteiger partial charge in [-0.3, -0.25) is 9.59 Å². The molecule has 7 nitrogen and oxygen atoms in total. The lowest BCUT2D eigenvalue weighted by Gasteiger charge is -2.09. The van der Waals surface area contributed by atoms with E-state index in [1.807, 2.05) is 28.1 Å². The number of amides is 2. The molecule has 174 valence electrons. The Morgan fingerprint density at radius 3 is 2.73 bits per heavy atom. The third-order valence-electron chi connectivity index (χ3n) is 4.80. The first-order valence-corrected chi connectivity index (χ1v) is 10.1. The lowest BCUT2D eigenvalue weighted by Crippen LogP contribution is -2.33. The Labute approximate surface area is 188 Å². The number of nitrogens with one attached hydrogen (secondary N) is 2. The number of carbonyl (C=O) groups is 2. The highest BCUT2D eigenvalue weighted by atomic mass is 19.4. The molecule has 33 heavy (non-hydrogen) atoms. The highest BCUT2D eigenvalue weighted by molar-refractivity contribution is 5.98. The lowest BCUT2D eigenvalue weighted by atomic mass is 10.1. The number of aromatic nitrogens is 1. The van der Waals surface area contributed by atoms with E-state index in [-0.39, 0.29) is 12.3 Å². The minimum absolute atomic E-state index is 0.0124. The second-order valence-corrected chi connectivity index (χ2v) is 7.25. The standard InChI is InChI=1S/C23H23F3N4O3/c1-33-19-5-2-4-16(12-19)14-28-29-22(32)18-7-8-20-17(13-18)9-11-30(20)10-3-6-21(31)27-15-23(24,25)26/h2,4-5,7-9,11-14H,3,6,10,15H2,1H3,(H,27,31)(H,29,32)/b28-14+. The van der Waals surface area contributed by atoms with Crippen LogP contribution in [0.15, 0.2) is 59.8 Å². The number of nitrogens with zero attached hydrogens (tertiary/aromatic N) is 2. The fraction of sp³-hybridized carbons (Fsp3) is 0.261. The third kappa shape index (κ3) is 7.09. The number of fused-ring (bicyclic) bond motifs is 1. The van der Waals surface area contributed by atoms with Crippen molar-refractivity contribution in [3.05, 3.63) is 65.9 Å². The summed E-state index contributed by atoms with van der Waals surface area (Å²) in [6.07, 6.45) is -0.728. The van der Waals surface area contributed by atoms with Gasteiger partial charge in [-0.05, 0) is 48.4 Å². The predicted octanol–water partition coefficient (Wildman–Crippen LogP) is 3.87. The highest BCUT2D eigenvalue weighted by Crippen LogP contribution is 2.19. The Balaban J connectivity index is 1.54. The van der Waals surface area contributed by atoms with Gasteiger partial charge in [0, 0.05) is 35.6 Å². The molecule has 0 fully saturated rings. The average Bonchev–Trinajstić information content (AvgIpc) is 3.19. The van der Waals surface area contributed by atoms with E-state index in [9.17, 15) is 22.8 Å². The number of aryl methyl sites for hydroxylation is 1. The maximum atomic E-state index is 12.4. The number of benzene rings is 2. The lowest BCUT2D eigenvalue weighted by molar-refractivity contribution is -0.138. The van der Waals surface area contributed by atoms with Gasteiger partial charge in [-0.25, -0.2) is 5.43 Å². The summed E-state index contributed by atoms with van der Waals surface area (Å²) in [5, 5.41) is 6.65. The van der Waals surface area contributed by atoms with Gasteiger partial charge in [0.25, 0.3) is 5.91 Å². The SMILES string of the molecule is COc1cccc(/C=N/NC(=O)c2ccc3c(ccn3CCCC(=O)NCC(F)(F)F)c2)c1. The minimum Gasteiger partial charge on any atom is -0.497 e. The van der Waals surface area contributed by atoms with Gasteiger partial charge in [-0.15, -0.1) is 0 Å². The number of carbonyl (C=O) groups excluding carboxylic acids is 2. The van der Waals surface area contributed by atoms with Crippen LogP contribution in [0.25, 0.3) is 10.9 Å². The van der Waals surface area contributed by atoms with E-state index in [2.05, 4.69) is 10.5 Å². The van der Waals surface area contributed by atoms with Crippen LogP contribution in [0, 0.1) is 0 Å². The molecule has 0 spiro atoms. The van der Waals surface area contributed by atoms with Crippen LogP contribution in [0.1, 0.15) is 28.8 Å². The second-order valence-electron chi connectivity index (χ2n) is 7.25. The molecule has 0 saturated carbocycles. The van der Waals surface area contributed by atoms with Crippen molar-refractivity contribution >= 4 is 28.9 Å². The van der Waals surface area contributed by atoms with Gasteiger partial charge in [0.1, 0.15) is 12.3 Å². The number of alkyl halides is 3. The molecule has 0 aliphatic carbocycles. The summed E-state index contributed by atoms with van der Waals surface area (Å²) in [7, 11) is 1.57. The normalized spacial score (nSPS) is 11.6. The van der Waals surface area contributed by atoms with Crippen molar-refractivity contribution in [3.8, 4) is 5.75 Å². The molecule has 1 aromatic heterocycles. The fourth-order valence-corrected chi connectivity index (χ4v) is 3.19. The van der Waals surface area contributed by atoms with Crippen LogP contribution in [0.2, 0.25) is 0 Å². The Kier molecular flexibility index (Phi) is 7.70. The van der Waals surface area contributed by atoms with Gasteiger partial charge in [-0.2, -0.15) is 18.3 Å². The largest absolute Gasteiger partial charge is 0.497 e. The van der Waals surface area contributed by atoms with Crippen LogP contribution in [-0.2, 0) is 11.3 Å². The van der Waals surface area contributed by atoms with Crippen molar-refractivity contribution < 1.29 is 27.5 Å². The first kappa shape index (κ1) is 23.8. The molecule has 0 bridgehead atoms. The maximum absolute atomic E-state index is 12.4. The molecule has 3 rings (SSSR count). The van der Waals surface area contributed by atoms with Crippen molar-refractivity contribution in [2.75, 3.05) is 13.7 Å². The van der Waals surface area contributed by atoms with Crippen molar-refractivity contribution in [3.63, 3.8) is 0 Å². The van der Waals surface area contributed by atoms with Crippen molar-refractivity contribution in [2.45, 2.75) is 25.6 Å². The van der Waals surface area contributed by atoms with E-state index >= 15 is 0 Å². The summed E-state index contributed by atoms with van der Waals surface area (Å²) in [5.74, 6) is -0.329. The Morgan fingerprint density at radius 2 is 1.97 bits per heavy atom. The topological polar surface area (TPSA) is 84.7 Å². The van der Waals surface area contributed by atoms with E-state index in [0.29, 0.717) is 24.3 Å². The molecule has 2 N–H and O–H groups in total. The van der Waals surface area contributed by atoms with Gasteiger partial charge in [-0.1, -0.05) is 12.1 Å². The number of hydrazone groups is 1. The van der Waals surface area contributed by atoms with E-state index < -0.39 is 18.6 Å². The molecule has 0 radical (unpaired) electrons. The van der Waals surface area contributed by atoms with Crippen LogP contribution >= 0.6 is 0 Å². The maximum Gasteiger partial charge on any atom is 0.405 e. The number of hydrogen-bond acceptors (Lipinski definition) is 4. The summed E-state index contributed by atoms with van der Waals surface area (Å²) in [6.45, 7) is -0.869. The van der Waals surface area contributed by atoms with E-state index in [1.54, 1.807) is 43.6 Å². The molecule has 1 heterocycles. The molecule has 0 unspecified atom stereocenters. The zero-order valence-electron chi connectivity index (χ0n) is 17.9. The average molecular weight is 460 g/mol. The molecular weight excluding hydrogens is 437 g/mol. The smallest absolute Gasteiger partial charge is 0.405 e. The predicted molar refractivity (Wildman–Crippen MR) is 118 cm³/mol. The first-order valence-electron chi connectivity index (χ1n) is 10.1. The zero-order valence-corrected chi connectivity index (χ0v) is 17.9. The summed E-state index contributed by atoms with van der Waals surface area (Å²) >= 11 is 0. The van der Waals surface area contributed by atoms with Crippen LogP contribution in [0.3, 0.4) is 0 Å². The number of rotatable bonds is 9. The summed E-state index contributed by atoms with van der Waals surface area (Å²) < 4.78 is 43.4.